The van der Waals surface area contributed by atoms with E-state index in [-0.39, 0.29) is 31.1 Å². The molecule has 0 N–H and O–H groups in total. The van der Waals surface area contributed by atoms with E-state index in [9.17, 15) is 14.4 Å². The summed E-state index contributed by atoms with van der Waals surface area (Å²) in [5, 5.41) is 0. The number of hydrogen-bond donors (Lipinski definition) is 0. The molecule has 3 aromatic carbocycles. The number of carbonyl (C=O) groups excluding carboxylic acids is 3. The third-order valence-electron chi connectivity index (χ3n) is 5.25. The first kappa shape index (κ1) is 20.3. The monoisotopic (exact) mass is 413 g/mol. The minimum Gasteiger partial charge on any atom is -0.319 e. The second-order valence-corrected chi connectivity index (χ2v) is 7.36. The highest BCUT2D eigenvalue weighted by Gasteiger charge is 2.30. The fraction of sp³-hybridized carbons (Fsp3) is 0.160. The molecule has 0 saturated carbocycles. The van der Waals surface area contributed by atoms with Crippen LogP contribution < -0.4 is 0 Å². The van der Waals surface area contributed by atoms with E-state index in [1.165, 1.54) is 0 Å². The number of carbonyl (C=O) groups is 3. The van der Waals surface area contributed by atoms with Gasteiger partial charge in [0.15, 0.2) is 0 Å². The van der Waals surface area contributed by atoms with Crippen LogP contribution in [-0.2, 0) is 0 Å². The first-order chi connectivity index (χ1) is 15.1. The van der Waals surface area contributed by atoms with E-state index >= 15 is 0 Å². The molecule has 0 atom stereocenters. The van der Waals surface area contributed by atoms with Crippen molar-refractivity contribution < 1.29 is 14.4 Å². The van der Waals surface area contributed by atoms with Crippen LogP contribution in [0.15, 0.2) is 91.0 Å². The molecule has 0 spiro atoms. The SMILES string of the molecule is O=C(c1ccccc1)N1CCN(C(=O)c2ccccc2)CN(C(=O)c2ccccc2)C1. The van der Waals surface area contributed by atoms with E-state index in [0.717, 1.165) is 0 Å². The van der Waals surface area contributed by atoms with Crippen molar-refractivity contribution in [2.75, 3.05) is 26.4 Å². The van der Waals surface area contributed by atoms with Gasteiger partial charge in [-0.05, 0) is 36.4 Å². The fourth-order valence-electron chi connectivity index (χ4n) is 3.59. The first-order valence-corrected chi connectivity index (χ1v) is 10.2. The molecule has 3 aromatic rings. The van der Waals surface area contributed by atoms with Crippen LogP contribution >= 0.6 is 0 Å². The molecule has 6 nitrogen and oxygen atoms in total. The zero-order valence-electron chi connectivity index (χ0n) is 17.1. The van der Waals surface area contributed by atoms with E-state index in [4.69, 9.17) is 0 Å². The number of nitrogens with zero attached hydrogens (tertiary/aromatic N) is 3. The highest BCUT2D eigenvalue weighted by molar-refractivity contribution is 5.98. The minimum atomic E-state index is -0.223. The van der Waals surface area contributed by atoms with Crippen molar-refractivity contribution in [2.24, 2.45) is 0 Å². The van der Waals surface area contributed by atoms with Gasteiger partial charge in [0.2, 0.25) is 0 Å². The van der Waals surface area contributed by atoms with Crippen LogP contribution in [0.25, 0.3) is 0 Å². The Bertz CT molecular complexity index is 994. The second kappa shape index (κ2) is 9.26. The van der Waals surface area contributed by atoms with Crippen molar-refractivity contribution in [3.8, 4) is 0 Å². The molecule has 0 radical (unpaired) electrons. The summed E-state index contributed by atoms with van der Waals surface area (Å²) in [5.74, 6) is -0.555. The van der Waals surface area contributed by atoms with E-state index in [0.29, 0.717) is 29.8 Å². The average molecular weight is 413 g/mol. The summed E-state index contributed by atoms with van der Waals surface area (Å²) < 4.78 is 0. The molecule has 4 rings (SSSR count). The molecule has 6 heteroatoms. The van der Waals surface area contributed by atoms with Crippen LogP contribution in [-0.4, -0.2) is 58.8 Å². The van der Waals surface area contributed by atoms with E-state index in [2.05, 4.69) is 0 Å². The third kappa shape index (κ3) is 4.64. The smallest absolute Gasteiger partial charge is 0.256 e. The molecule has 1 fully saturated rings. The molecule has 31 heavy (non-hydrogen) atoms. The van der Waals surface area contributed by atoms with Gasteiger partial charge in [0.05, 0.1) is 13.3 Å². The maximum absolute atomic E-state index is 13.2. The topological polar surface area (TPSA) is 60.9 Å². The maximum atomic E-state index is 13.2. The van der Waals surface area contributed by atoms with Crippen molar-refractivity contribution in [1.82, 2.24) is 14.7 Å². The first-order valence-electron chi connectivity index (χ1n) is 10.2. The second-order valence-electron chi connectivity index (χ2n) is 7.36. The normalized spacial score (nSPS) is 14.1. The molecule has 156 valence electrons. The Kier molecular flexibility index (Phi) is 6.08. The lowest BCUT2D eigenvalue weighted by Gasteiger charge is -2.28. The summed E-state index contributed by atoms with van der Waals surface area (Å²) in [6, 6.07) is 26.9. The fourth-order valence-corrected chi connectivity index (χ4v) is 3.59. The Morgan fingerprint density at radius 2 is 0.742 bits per heavy atom. The summed E-state index contributed by atoms with van der Waals surface area (Å²) in [6.45, 7) is 0.899. The molecule has 1 aliphatic heterocycles. The molecule has 1 heterocycles. The number of amides is 3. The third-order valence-corrected chi connectivity index (χ3v) is 5.25. The predicted octanol–water partition coefficient (Wildman–Crippen LogP) is 3.34. The van der Waals surface area contributed by atoms with Gasteiger partial charge >= 0.3 is 0 Å². The van der Waals surface area contributed by atoms with E-state index in [1.807, 2.05) is 42.5 Å². The van der Waals surface area contributed by atoms with Gasteiger partial charge in [-0.15, -0.1) is 0 Å². The molecular formula is C25H23N3O3. The number of rotatable bonds is 3. The lowest BCUT2D eigenvalue weighted by molar-refractivity contribution is 0.0503. The minimum absolute atomic E-state index is 0.111. The van der Waals surface area contributed by atoms with Crippen molar-refractivity contribution >= 4 is 17.7 Å². The average Bonchev–Trinajstić information content (AvgIpc) is 3.08. The number of benzene rings is 3. The lowest BCUT2D eigenvalue weighted by Crippen LogP contribution is -2.45. The van der Waals surface area contributed by atoms with Gasteiger partial charge in [0.1, 0.15) is 0 Å². The molecule has 1 saturated heterocycles. The Morgan fingerprint density at radius 3 is 1.06 bits per heavy atom. The molecule has 0 aromatic heterocycles. The Morgan fingerprint density at radius 1 is 0.452 bits per heavy atom. The Labute approximate surface area is 181 Å². The van der Waals surface area contributed by atoms with Crippen molar-refractivity contribution in [3.05, 3.63) is 108 Å². The van der Waals surface area contributed by atoms with Gasteiger partial charge in [-0.25, -0.2) is 0 Å². The molecule has 3 amide bonds. The Hall–Kier alpha value is -3.93. The van der Waals surface area contributed by atoms with Crippen LogP contribution in [0.3, 0.4) is 0 Å². The van der Waals surface area contributed by atoms with Gasteiger partial charge in [-0.3, -0.25) is 14.4 Å². The zero-order valence-corrected chi connectivity index (χ0v) is 17.1. The van der Waals surface area contributed by atoms with Gasteiger partial charge in [-0.2, -0.15) is 0 Å². The maximum Gasteiger partial charge on any atom is 0.256 e. The summed E-state index contributed by atoms with van der Waals surface area (Å²) in [4.78, 5) is 44.2. The van der Waals surface area contributed by atoms with Gasteiger partial charge < -0.3 is 14.7 Å². The zero-order chi connectivity index (χ0) is 21.6. The summed E-state index contributed by atoms with van der Waals surface area (Å²) >= 11 is 0. The molecular weight excluding hydrogens is 390 g/mol. The van der Waals surface area contributed by atoms with E-state index < -0.39 is 0 Å². The largest absolute Gasteiger partial charge is 0.319 e. The summed E-state index contributed by atoms with van der Waals surface area (Å²) in [7, 11) is 0. The van der Waals surface area contributed by atoms with Crippen LogP contribution in [0.2, 0.25) is 0 Å². The highest BCUT2D eigenvalue weighted by Crippen LogP contribution is 2.15. The van der Waals surface area contributed by atoms with Crippen molar-refractivity contribution in [2.45, 2.75) is 0 Å². The van der Waals surface area contributed by atoms with Crippen LogP contribution in [0.1, 0.15) is 31.1 Å². The predicted molar refractivity (Wildman–Crippen MR) is 117 cm³/mol. The highest BCUT2D eigenvalue weighted by atomic mass is 16.2. The van der Waals surface area contributed by atoms with Crippen molar-refractivity contribution in [1.29, 1.82) is 0 Å². The van der Waals surface area contributed by atoms with Crippen LogP contribution in [0.5, 0.6) is 0 Å². The van der Waals surface area contributed by atoms with Gasteiger partial charge in [-0.1, -0.05) is 54.6 Å². The van der Waals surface area contributed by atoms with Gasteiger partial charge in [0, 0.05) is 29.8 Å². The molecule has 0 unspecified atom stereocenters. The summed E-state index contributed by atoms with van der Waals surface area (Å²) in [6.07, 6.45) is 0. The molecule has 0 aliphatic carbocycles. The van der Waals surface area contributed by atoms with Crippen LogP contribution in [0, 0.1) is 0 Å². The van der Waals surface area contributed by atoms with Crippen LogP contribution in [0.4, 0.5) is 0 Å². The quantitative estimate of drug-likeness (QED) is 0.662. The lowest BCUT2D eigenvalue weighted by atomic mass is 10.2. The van der Waals surface area contributed by atoms with Gasteiger partial charge in [0.25, 0.3) is 17.7 Å². The standard InChI is InChI=1S/C25H23N3O3/c29-23(20-10-4-1-5-11-20)26-16-17-27(24(30)21-12-6-2-7-13-21)19-28(18-26)25(31)22-14-8-3-9-15-22/h1-15H,16-19H2. The molecule has 0 bridgehead atoms. The summed E-state index contributed by atoms with van der Waals surface area (Å²) in [5.41, 5.74) is 1.62. The van der Waals surface area contributed by atoms with E-state index in [1.54, 1.807) is 63.2 Å². The molecule has 1 aliphatic rings. The Balaban J connectivity index is 1.62. The van der Waals surface area contributed by atoms with Crippen molar-refractivity contribution in [3.63, 3.8) is 0 Å². The number of hydrogen-bond acceptors (Lipinski definition) is 3.